The Morgan fingerprint density at radius 2 is 1.66 bits per heavy atom. The molecule has 2 atom stereocenters. The van der Waals surface area contributed by atoms with Crippen LogP contribution in [0.4, 0.5) is 0 Å². The quantitative estimate of drug-likeness (QED) is 0.518. The molecule has 0 spiro atoms. The van der Waals surface area contributed by atoms with E-state index >= 15 is 0 Å². The minimum atomic E-state index is 0.0135. The van der Waals surface area contributed by atoms with Crippen molar-refractivity contribution in [3.8, 4) is 5.75 Å². The predicted octanol–water partition coefficient (Wildman–Crippen LogP) is 5.02. The van der Waals surface area contributed by atoms with Gasteiger partial charge in [0.05, 0.1) is 0 Å². The van der Waals surface area contributed by atoms with Gasteiger partial charge < -0.3 is 19.0 Å². The smallest absolute Gasteiger partial charge is 0.260 e. The van der Waals surface area contributed by atoms with Gasteiger partial charge in [0.2, 0.25) is 0 Å². The van der Waals surface area contributed by atoms with Gasteiger partial charge in [-0.05, 0) is 82.3 Å². The number of piperidine rings is 2. The van der Waals surface area contributed by atoms with E-state index in [-0.39, 0.29) is 36.4 Å². The molecule has 2 amide bonds. The molecule has 5 rings (SSSR count). The van der Waals surface area contributed by atoms with Crippen LogP contribution in [-0.4, -0.2) is 58.4 Å². The highest BCUT2D eigenvalue weighted by Crippen LogP contribution is 2.30. The largest absolute Gasteiger partial charge is 0.484 e. The molecule has 0 N–H and O–H groups in total. The molecule has 2 aliphatic heterocycles. The number of ether oxygens (including phenoxy) is 1. The molecule has 0 radical (unpaired) electrons. The highest BCUT2D eigenvalue weighted by Gasteiger charge is 2.29. The fourth-order valence-corrected chi connectivity index (χ4v) is 5.40. The summed E-state index contributed by atoms with van der Waals surface area (Å²) in [5.41, 5.74) is 2.32. The predicted molar refractivity (Wildman–Crippen MR) is 133 cm³/mol. The molecule has 2 unspecified atom stereocenters. The first-order valence-electron chi connectivity index (χ1n) is 12.7. The standard InChI is InChI=1S/C28H33N3O4/c1-19-6-5-7-20(2)31(19)26(32)18-34-23-12-10-22(11-13-23)28(33)30-16-14-21(15-17-30)27-29-24-8-3-4-9-25(24)35-27/h3-4,8-13,19-21H,5-7,14-18H2,1-2H3. The van der Waals surface area contributed by atoms with E-state index in [9.17, 15) is 9.59 Å². The molecule has 184 valence electrons. The number of benzene rings is 2. The van der Waals surface area contributed by atoms with Crippen LogP contribution in [0.25, 0.3) is 11.1 Å². The number of carbonyl (C=O) groups is 2. The number of amides is 2. The number of aromatic nitrogens is 1. The molecule has 0 aliphatic carbocycles. The maximum absolute atomic E-state index is 13.0. The molecule has 3 aromatic rings. The molecule has 7 heteroatoms. The average molecular weight is 476 g/mol. The van der Waals surface area contributed by atoms with E-state index in [4.69, 9.17) is 9.15 Å². The number of rotatable bonds is 5. The topological polar surface area (TPSA) is 75.9 Å². The molecular weight excluding hydrogens is 442 g/mol. The minimum Gasteiger partial charge on any atom is -0.484 e. The van der Waals surface area contributed by atoms with Gasteiger partial charge in [-0.2, -0.15) is 0 Å². The van der Waals surface area contributed by atoms with E-state index in [1.165, 1.54) is 0 Å². The van der Waals surface area contributed by atoms with Crippen LogP contribution in [0.1, 0.15) is 68.1 Å². The third kappa shape index (κ3) is 5.04. The molecule has 1 aromatic heterocycles. The SMILES string of the molecule is CC1CCCC(C)N1C(=O)COc1ccc(C(=O)N2CCC(c3nc4ccccc4o3)CC2)cc1. The van der Waals surface area contributed by atoms with Gasteiger partial charge >= 0.3 is 0 Å². The molecule has 2 saturated heterocycles. The summed E-state index contributed by atoms with van der Waals surface area (Å²) in [5.74, 6) is 1.63. The summed E-state index contributed by atoms with van der Waals surface area (Å²) in [6.07, 6.45) is 4.90. The van der Waals surface area contributed by atoms with Crippen molar-refractivity contribution in [2.45, 2.75) is 64.0 Å². The van der Waals surface area contributed by atoms with E-state index in [1.807, 2.05) is 34.1 Å². The number of para-hydroxylation sites is 2. The molecule has 35 heavy (non-hydrogen) atoms. The summed E-state index contributed by atoms with van der Waals surface area (Å²) in [5, 5.41) is 0. The van der Waals surface area contributed by atoms with Crippen molar-refractivity contribution in [2.24, 2.45) is 0 Å². The Morgan fingerprint density at radius 3 is 2.34 bits per heavy atom. The Morgan fingerprint density at radius 1 is 0.971 bits per heavy atom. The first-order valence-corrected chi connectivity index (χ1v) is 12.7. The van der Waals surface area contributed by atoms with Gasteiger partial charge in [0.25, 0.3) is 11.8 Å². The lowest BCUT2D eigenvalue weighted by Crippen LogP contribution is -2.49. The van der Waals surface area contributed by atoms with Gasteiger partial charge in [0, 0.05) is 36.7 Å². The second kappa shape index (κ2) is 10.1. The lowest BCUT2D eigenvalue weighted by atomic mass is 9.96. The van der Waals surface area contributed by atoms with Gasteiger partial charge in [-0.1, -0.05) is 12.1 Å². The second-order valence-electron chi connectivity index (χ2n) is 9.83. The van der Waals surface area contributed by atoms with Crippen molar-refractivity contribution >= 4 is 22.9 Å². The first kappa shape index (κ1) is 23.4. The Hall–Kier alpha value is -3.35. The van der Waals surface area contributed by atoms with Crippen LogP contribution in [0.3, 0.4) is 0 Å². The van der Waals surface area contributed by atoms with Crippen molar-refractivity contribution < 1.29 is 18.7 Å². The summed E-state index contributed by atoms with van der Waals surface area (Å²) in [4.78, 5) is 34.2. The lowest BCUT2D eigenvalue weighted by Gasteiger charge is -2.38. The molecule has 2 aromatic carbocycles. The van der Waals surface area contributed by atoms with Crippen LogP contribution in [0, 0.1) is 0 Å². The fourth-order valence-electron chi connectivity index (χ4n) is 5.40. The normalized spacial score (nSPS) is 21.3. The number of oxazole rings is 1. The third-order valence-electron chi connectivity index (χ3n) is 7.39. The first-order chi connectivity index (χ1) is 17.0. The van der Waals surface area contributed by atoms with Gasteiger partial charge in [-0.15, -0.1) is 0 Å². The van der Waals surface area contributed by atoms with Crippen molar-refractivity contribution in [3.05, 3.63) is 60.0 Å². The Kier molecular flexibility index (Phi) is 6.75. The van der Waals surface area contributed by atoms with Crippen LogP contribution < -0.4 is 4.74 Å². The van der Waals surface area contributed by atoms with Crippen LogP contribution >= 0.6 is 0 Å². The summed E-state index contributed by atoms with van der Waals surface area (Å²) < 4.78 is 11.7. The van der Waals surface area contributed by atoms with E-state index in [0.29, 0.717) is 24.4 Å². The number of carbonyl (C=O) groups excluding carboxylic acids is 2. The third-order valence-corrected chi connectivity index (χ3v) is 7.39. The fraction of sp³-hybridized carbons (Fsp3) is 0.464. The van der Waals surface area contributed by atoms with E-state index in [1.54, 1.807) is 24.3 Å². The van der Waals surface area contributed by atoms with Crippen molar-refractivity contribution in [3.63, 3.8) is 0 Å². The number of hydrogen-bond donors (Lipinski definition) is 0. The Balaban J connectivity index is 1.13. The number of likely N-dealkylation sites (tertiary alicyclic amines) is 2. The second-order valence-corrected chi connectivity index (χ2v) is 9.83. The zero-order valence-corrected chi connectivity index (χ0v) is 20.5. The summed E-state index contributed by atoms with van der Waals surface area (Å²) in [6, 6.07) is 15.4. The zero-order chi connectivity index (χ0) is 24.4. The van der Waals surface area contributed by atoms with Crippen LogP contribution in [0.15, 0.2) is 52.9 Å². The molecule has 3 heterocycles. The molecule has 0 bridgehead atoms. The highest BCUT2D eigenvalue weighted by atomic mass is 16.5. The zero-order valence-electron chi connectivity index (χ0n) is 20.5. The van der Waals surface area contributed by atoms with Gasteiger partial charge in [-0.25, -0.2) is 4.98 Å². The van der Waals surface area contributed by atoms with Crippen LogP contribution in [0.5, 0.6) is 5.75 Å². The maximum Gasteiger partial charge on any atom is 0.260 e. The molecule has 2 fully saturated rings. The number of fused-ring (bicyclic) bond motifs is 1. The maximum atomic E-state index is 13.0. The monoisotopic (exact) mass is 475 g/mol. The van der Waals surface area contributed by atoms with Gasteiger partial charge in [-0.3, -0.25) is 9.59 Å². The molecule has 7 nitrogen and oxygen atoms in total. The highest BCUT2D eigenvalue weighted by molar-refractivity contribution is 5.94. The van der Waals surface area contributed by atoms with E-state index in [2.05, 4.69) is 18.8 Å². The van der Waals surface area contributed by atoms with Crippen LogP contribution in [0.2, 0.25) is 0 Å². The summed E-state index contributed by atoms with van der Waals surface area (Å²) >= 11 is 0. The Bertz CT molecular complexity index is 1140. The van der Waals surface area contributed by atoms with E-state index in [0.717, 1.165) is 49.1 Å². The summed E-state index contributed by atoms with van der Waals surface area (Å²) in [7, 11) is 0. The summed E-state index contributed by atoms with van der Waals surface area (Å²) in [6.45, 7) is 5.56. The average Bonchev–Trinajstić information content (AvgIpc) is 3.32. The van der Waals surface area contributed by atoms with Gasteiger partial charge in [0.15, 0.2) is 18.1 Å². The van der Waals surface area contributed by atoms with Crippen molar-refractivity contribution in [1.29, 1.82) is 0 Å². The molecule has 0 saturated carbocycles. The van der Waals surface area contributed by atoms with Crippen molar-refractivity contribution in [1.82, 2.24) is 14.8 Å². The molecule has 2 aliphatic rings. The lowest BCUT2D eigenvalue weighted by molar-refractivity contribution is -0.139. The van der Waals surface area contributed by atoms with Gasteiger partial charge in [0.1, 0.15) is 11.3 Å². The van der Waals surface area contributed by atoms with E-state index < -0.39 is 0 Å². The minimum absolute atomic E-state index is 0.0135. The van der Waals surface area contributed by atoms with Crippen LogP contribution in [-0.2, 0) is 4.79 Å². The van der Waals surface area contributed by atoms with Crippen molar-refractivity contribution in [2.75, 3.05) is 19.7 Å². The number of nitrogens with zero attached hydrogens (tertiary/aromatic N) is 3. The molecular formula is C28H33N3O4. The number of hydrogen-bond acceptors (Lipinski definition) is 5. The Labute approximate surface area is 206 Å².